The van der Waals surface area contributed by atoms with Crippen molar-refractivity contribution >= 4 is 23.2 Å². The normalized spacial score (nSPS) is 12.7. The summed E-state index contributed by atoms with van der Waals surface area (Å²) in [5.41, 5.74) is 4.34. The first-order chi connectivity index (χ1) is 9.93. The van der Waals surface area contributed by atoms with E-state index in [4.69, 9.17) is 23.2 Å². The molecule has 0 amide bonds. The summed E-state index contributed by atoms with van der Waals surface area (Å²) in [5, 5.41) is 9.41. The summed E-state index contributed by atoms with van der Waals surface area (Å²) in [6.07, 6.45) is 0.783. The molecule has 0 aliphatic carbocycles. The van der Waals surface area contributed by atoms with Crippen LogP contribution in [0.4, 0.5) is 0 Å². The molecule has 2 aromatic rings. The summed E-state index contributed by atoms with van der Waals surface area (Å²) in [6, 6.07) is 6.17. The van der Waals surface area contributed by atoms with Gasteiger partial charge in [0.05, 0.1) is 16.4 Å². The van der Waals surface area contributed by atoms with Gasteiger partial charge in [0.15, 0.2) is 0 Å². The molecule has 0 saturated carbocycles. The molecule has 114 valence electrons. The zero-order valence-electron chi connectivity index (χ0n) is 12.9. The Kier molecular flexibility index (Phi) is 5.31. The topological polar surface area (TPSA) is 29.9 Å². The fourth-order valence-corrected chi connectivity index (χ4v) is 3.04. The van der Waals surface area contributed by atoms with Crippen LogP contribution in [0.3, 0.4) is 0 Å². The van der Waals surface area contributed by atoms with Gasteiger partial charge in [-0.1, -0.05) is 36.2 Å². The van der Waals surface area contributed by atoms with Gasteiger partial charge in [-0.15, -0.1) is 0 Å². The van der Waals surface area contributed by atoms with Crippen molar-refractivity contribution in [2.45, 2.75) is 33.2 Å². The molecule has 1 aromatic carbocycles. The second-order valence-electron chi connectivity index (χ2n) is 5.28. The van der Waals surface area contributed by atoms with Crippen molar-refractivity contribution in [2.24, 2.45) is 7.05 Å². The highest BCUT2D eigenvalue weighted by Gasteiger charge is 2.19. The monoisotopic (exact) mass is 325 g/mol. The number of likely N-dealkylation sites (N-methyl/N-ethyl adjacent to an activating group) is 1. The van der Waals surface area contributed by atoms with Crippen LogP contribution in [0, 0.1) is 13.8 Å². The highest BCUT2D eigenvalue weighted by Crippen LogP contribution is 2.28. The first-order valence-electron chi connectivity index (χ1n) is 7.11. The lowest BCUT2D eigenvalue weighted by atomic mass is 9.97. The minimum Gasteiger partial charge on any atom is -0.310 e. The smallest absolute Gasteiger partial charge is 0.0847 e. The van der Waals surface area contributed by atoms with Gasteiger partial charge in [-0.3, -0.25) is 4.68 Å². The molecule has 1 heterocycles. The first-order valence-corrected chi connectivity index (χ1v) is 7.87. The molecule has 0 bridgehead atoms. The number of aryl methyl sites for hydroxylation is 3. The fraction of sp³-hybridized carbons (Fsp3) is 0.438. The average Bonchev–Trinajstić information content (AvgIpc) is 2.67. The number of hydrogen-bond donors (Lipinski definition) is 1. The van der Waals surface area contributed by atoms with Crippen molar-refractivity contribution in [1.82, 2.24) is 15.1 Å². The largest absolute Gasteiger partial charge is 0.310 e. The first kappa shape index (κ1) is 16.3. The summed E-state index contributed by atoms with van der Waals surface area (Å²) >= 11 is 12.5. The predicted octanol–water partition coefficient (Wildman–Crippen LogP) is 4.24. The zero-order chi connectivity index (χ0) is 15.6. The molecule has 21 heavy (non-hydrogen) atoms. The summed E-state index contributed by atoms with van der Waals surface area (Å²) in [4.78, 5) is 0. The Labute approximate surface area is 136 Å². The Balaban J connectivity index is 2.37. The minimum atomic E-state index is 0.168. The molecular weight excluding hydrogens is 305 g/mol. The van der Waals surface area contributed by atoms with Crippen molar-refractivity contribution in [3.05, 3.63) is 50.8 Å². The van der Waals surface area contributed by atoms with Crippen LogP contribution in [-0.2, 0) is 13.5 Å². The number of nitrogens with one attached hydrogen (secondary N) is 1. The number of halogens is 2. The van der Waals surface area contributed by atoms with E-state index in [9.17, 15) is 0 Å². The van der Waals surface area contributed by atoms with Gasteiger partial charge in [0.2, 0.25) is 0 Å². The van der Waals surface area contributed by atoms with Crippen molar-refractivity contribution in [3.63, 3.8) is 0 Å². The molecular formula is C16H21Cl2N3. The molecule has 0 fully saturated rings. The Bertz CT molecular complexity index is 635. The summed E-state index contributed by atoms with van der Waals surface area (Å²) in [6.45, 7) is 7.01. The Morgan fingerprint density at radius 3 is 2.57 bits per heavy atom. The van der Waals surface area contributed by atoms with E-state index in [1.54, 1.807) is 0 Å². The lowest BCUT2D eigenvalue weighted by Gasteiger charge is -2.21. The summed E-state index contributed by atoms with van der Waals surface area (Å²) < 4.78 is 1.86. The Morgan fingerprint density at radius 1 is 1.29 bits per heavy atom. The number of nitrogens with zero attached hydrogens (tertiary/aromatic N) is 2. The van der Waals surface area contributed by atoms with Crippen LogP contribution in [-0.4, -0.2) is 16.3 Å². The number of aromatic nitrogens is 2. The lowest BCUT2D eigenvalue weighted by molar-refractivity contribution is 0.527. The predicted molar refractivity (Wildman–Crippen MR) is 89.3 cm³/mol. The molecule has 1 unspecified atom stereocenters. The molecule has 0 aliphatic rings. The molecule has 0 saturated heterocycles. The van der Waals surface area contributed by atoms with Crippen LogP contribution >= 0.6 is 23.2 Å². The van der Waals surface area contributed by atoms with Crippen LogP contribution in [0.2, 0.25) is 10.0 Å². The Morgan fingerprint density at radius 2 is 2.00 bits per heavy atom. The van der Waals surface area contributed by atoms with E-state index in [0.29, 0.717) is 0 Å². The van der Waals surface area contributed by atoms with E-state index >= 15 is 0 Å². The van der Waals surface area contributed by atoms with Crippen LogP contribution in [0.25, 0.3) is 0 Å². The van der Waals surface area contributed by atoms with Crippen LogP contribution in [0.15, 0.2) is 18.2 Å². The maximum absolute atomic E-state index is 6.38. The molecule has 2 rings (SSSR count). The van der Waals surface area contributed by atoms with E-state index in [1.807, 2.05) is 30.8 Å². The highest BCUT2D eigenvalue weighted by molar-refractivity contribution is 6.32. The third-order valence-electron chi connectivity index (χ3n) is 3.73. The standard InChI is InChI=1S/C16H21Cl2N3/c1-5-19-14(13-8-12(17)7-6-10(13)2)9-15-16(18)11(3)20-21(15)4/h6-8,14,19H,5,9H2,1-4H3. The summed E-state index contributed by atoms with van der Waals surface area (Å²) in [5.74, 6) is 0. The molecule has 0 radical (unpaired) electrons. The molecule has 5 heteroatoms. The van der Waals surface area contributed by atoms with Crippen molar-refractivity contribution in [2.75, 3.05) is 6.54 Å². The second kappa shape index (κ2) is 6.82. The minimum absolute atomic E-state index is 0.168. The lowest BCUT2D eigenvalue weighted by Crippen LogP contribution is -2.24. The number of benzene rings is 1. The third-order valence-corrected chi connectivity index (χ3v) is 4.45. The van der Waals surface area contributed by atoms with Crippen LogP contribution < -0.4 is 5.32 Å². The molecule has 3 nitrogen and oxygen atoms in total. The second-order valence-corrected chi connectivity index (χ2v) is 6.10. The quantitative estimate of drug-likeness (QED) is 0.891. The van der Waals surface area contributed by atoms with Crippen LogP contribution in [0.1, 0.15) is 35.5 Å². The van der Waals surface area contributed by atoms with E-state index in [-0.39, 0.29) is 6.04 Å². The van der Waals surface area contributed by atoms with Gasteiger partial charge >= 0.3 is 0 Å². The molecule has 1 atom stereocenters. The van der Waals surface area contributed by atoms with E-state index in [1.165, 1.54) is 11.1 Å². The van der Waals surface area contributed by atoms with Crippen molar-refractivity contribution in [1.29, 1.82) is 0 Å². The fourth-order valence-electron chi connectivity index (χ4n) is 2.62. The van der Waals surface area contributed by atoms with E-state index in [2.05, 4.69) is 30.3 Å². The maximum atomic E-state index is 6.38. The average molecular weight is 326 g/mol. The van der Waals surface area contributed by atoms with Crippen LogP contribution in [0.5, 0.6) is 0 Å². The number of rotatable bonds is 5. The summed E-state index contributed by atoms with van der Waals surface area (Å²) in [7, 11) is 1.93. The van der Waals surface area contributed by atoms with Gasteiger partial charge < -0.3 is 5.32 Å². The highest BCUT2D eigenvalue weighted by atomic mass is 35.5. The van der Waals surface area contributed by atoms with Crippen molar-refractivity contribution < 1.29 is 0 Å². The van der Waals surface area contributed by atoms with Gasteiger partial charge in [0.1, 0.15) is 0 Å². The van der Waals surface area contributed by atoms with Gasteiger partial charge in [-0.2, -0.15) is 5.10 Å². The maximum Gasteiger partial charge on any atom is 0.0847 e. The molecule has 0 aliphatic heterocycles. The molecule has 1 aromatic heterocycles. The van der Waals surface area contributed by atoms with Crippen molar-refractivity contribution in [3.8, 4) is 0 Å². The van der Waals surface area contributed by atoms with E-state index < -0.39 is 0 Å². The SMILES string of the molecule is CCNC(Cc1c(Cl)c(C)nn1C)c1cc(Cl)ccc1C. The van der Waals surface area contributed by atoms with Gasteiger partial charge in [-0.25, -0.2) is 0 Å². The molecule has 0 spiro atoms. The molecule has 1 N–H and O–H groups in total. The zero-order valence-corrected chi connectivity index (χ0v) is 14.4. The number of hydrogen-bond acceptors (Lipinski definition) is 2. The van der Waals surface area contributed by atoms with Gasteiger partial charge in [-0.05, 0) is 43.7 Å². The van der Waals surface area contributed by atoms with Gasteiger partial charge in [0.25, 0.3) is 0 Å². The Hall–Kier alpha value is -1.03. The third kappa shape index (κ3) is 3.60. The van der Waals surface area contributed by atoms with E-state index in [0.717, 1.165) is 34.4 Å². The van der Waals surface area contributed by atoms with Gasteiger partial charge in [0, 0.05) is 24.5 Å².